The summed E-state index contributed by atoms with van der Waals surface area (Å²) in [6.07, 6.45) is 0. The van der Waals surface area contributed by atoms with Crippen LogP contribution in [0, 0.1) is 0 Å². The highest BCUT2D eigenvalue weighted by atomic mass is 16.5. The minimum atomic E-state index is -0.143. The van der Waals surface area contributed by atoms with Crippen LogP contribution >= 0.6 is 0 Å². The predicted molar refractivity (Wildman–Crippen MR) is 52.6 cm³/mol. The molecule has 0 radical (unpaired) electrons. The van der Waals surface area contributed by atoms with Gasteiger partial charge in [-0.25, -0.2) is 0 Å². The molecule has 0 atom stereocenters. The Bertz CT molecular complexity index is 158. The topological polar surface area (TPSA) is 50.4 Å². The quantitative estimate of drug-likeness (QED) is 0.583. The maximum Gasteiger partial charge on any atom is 0.216 e. The number of ether oxygens (including phenoxy) is 1. The molecule has 4 heteroatoms. The molecular formula is C9H20N2O2. The Morgan fingerprint density at radius 1 is 1.38 bits per heavy atom. The number of hydrogen-bond donors (Lipinski definition) is 2. The van der Waals surface area contributed by atoms with Gasteiger partial charge >= 0.3 is 0 Å². The molecule has 13 heavy (non-hydrogen) atoms. The van der Waals surface area contributed by atoms with Crippen LogP contribution in [-0.2, 0) is 9.53 Å². The fourth-order valence-corrected chi connectivity index (χ4v) is 0.789. The molecule has 0 aliphatic heterocycles. The normalized spacial score (nSPS) is 11.4. The molecule has 0 saturated heterocycles. The zero-order valence-electron chi connectivity index (χ0n) is 8.94. The van der Waals surface area contributed by atoms with E-state index in [0.717, 1.165) is 13.1 Å². The minimum Gasteiger partial charge on any atom is -0.377 e. The van der Waals surface area contributed by atoms with Gasteiger partial charge < -0.3 is 15.4 Å². The first kappa shape index (κ1) is 12.4. The van der Waals surface area contributed by atoms with Crippen molar-refractivity contribution < 1.29 is 9.53 Å². The van der Waals surface area contributed by atoms with Gasteiger partial charge in [0.2, 0.25) is 5.91 Å². The zero-order valence-corrected chi connectivity index (χ0v) is 8.94. The molecule has 0 heterocycles. The van der Waals surface area contributed by atoms with E-state index in [9.17, 15) is 4.79 Å². The maximum absolute atomic E-state index is 10.5. The highest BCUT2D eigenvalue weighted by molar-refractivity contribution is 5.72. The molecule has 0 aromatic carbocycles. The first-order valence-corrected chi connectivity index (χ1v) is 4.48. The first-order valence-electron chi connectivity index (χ1n) is 4.48. The molecule has 0 aliphatic carbocycles. The van der Waals surface area contributed by atoms with Crippen LogP contribution in [0.1, 0.15) is 20.8 Å². The Balaban J connectivity index is 3.30. The monoisotopic (exact) mass is 188 g/mol. The van der Waals surface area contributed by atoms with E-state index in [4.69, 9.17) is 4.74 Å². The third-order valence-electron chi connectivity index (χ3n) is 1.78. The Morgan fingerprint density at radius 3 is 2.46 bits per heavy atom. The first-order chi connectivity index (χ1) is 5.98. The van der Waals surface area contributed by atoms with Gasteiger partial charge in [-0.1, -0.05) is 0 Å². The summed E-state index contributed by atoms with van der Waals surface area (Å²) >= 11 is 0. The smallest absolute Gasteiger partial charge is 0.216 e. The fourth-order valence-electron chi connectivity index (χ4n) is 0.789. The number of hydrogen-bond acceptors (Lipinski definition) is 3. The molecule has 78 valence electrons. The van der Waals surface area contributed by atoms with Crippen LogP contribution in [0.15, 0.2) is 0 Å². The molecule has 0 aromatic rings. The molecular weight excluding hydrogens is 168 g/mol. The second-order valence-electron chi connectivity index (χ2n) is 3.62. The van der Waals surface area contributed by atoms with Gasteiger partial charge in [0, 0.05) is 33.7 Å². The van der Waals surface area contributed by atoms with Crippen LogP contribution in [0.2, 0.25) is 0 Å². The second-order valence-corrected chi connectivity index (χ2v) is 3.62. The van der Waals surface area contributed by atoms with Crippen LogP contribution in [0.3, 0.4) is 0 Å². The summed E-state index contributed by atoms with van der Waals surface area (Å²) in [7, 11) is 1.69. The van der Waals surface area contributed by atoms with E-state index in [1.165, 1.54) is 6.92 Å². The van der Waals surface area contributed by atoms with Crippen molar-refractivity contribution in [2.45, 2.75) is 26.4 Å². The standard InChI is InChI=1S/C9H20N2O2/c1-8(12)11-6-5-10-7-9(2,3)13-4/h10H,5-7H2,1-4H3,(H,11,12). The largest absolute Gasteiger partial charge is 0.377 e. The van der Waals surface area contributed by atoms with Crippen molar-refractivity contribution in [1.82, 2.24) is 10.6 Å². The summed E-state index contributed by atoms with van der Waals surface area (Å²) in [4.78, 5) is 10.5. The molecule has 0 spiro atoms. The summed E-state index contributed by atoms with van der Waals surface area (Å²) in [5.74, 6) is 0.00722. The van der Waals surface area contributed by atoms with Crippen LogP contribution in [0.25, 0.3) is 0 Å². The predicted octanol–water partition coefficient (Wildman–Crippen LogP) is 0.137. The minimum absolute atomic E-state index is 0.00722. The van der Waals surface area contributed by atoms with Gasteiger partial charge in [0.05, 0.1) is 5.60 Å². The molecule has 0 saturated carbocycles. The Labute approximate surface area is 80.0 Å². The second kappa shape index (κ2) is 5.94. The molecule has 0 bridgehead atoms. The van der Waals surface area contributed by atoms with Crippen LogP contribution in [0.5, 0.6) is 0 Å². The number of amides is 1. The van der Waals surface area contributed by atoms with E-state index in [0.29, 0.717) is 6.54 Å². The van der Waals surface area contributed by atoms with E-state index in [2.05, 4.69) is 10.6 Å². The average Bonchev–Trinajstić information content (AvgIpc) is 2.03. The lowest BCUT2D eigenvalue weighted by Crippen LogP contribution is -2.40. The van der Waals surface area contributed by atoms with Crippen molar-refractivity contribution in [3.8, 4) is 0 Å². The SMILES string of the molecule is COC(C)(C)CNCCNC(C)=O. The van der Waals surface area contributed by atoms with Gasteiger partial charge in [-0.05, 0) is 13.8 Å². The zero-order chi connectivity index (χ0) is 10.3. The fraction of sp³-hybridized carbons (Fsp3) is 0.889. The average molecular weight is 188 g/mol. The number of methoxy groups -OCH3 is 1. The van der Waals surface area contributed by atoms with Crippen LogP contribution < -0.4 is 10.6 Å². The lowest BCUT2D eigenvalue weighted by Gasteiger charge is -2.23. The number of carbonyl (C=O) groups excluding carboxylic acids is 1. The molecule has 1 amide bonds. The van der Waals surface area contributed by atoms with Crippen molar-refractivity contribution in [3.63, 3.8) is 0 Å². The lowest BCUT2D eigenvalue weighted by molar-refractivity contribution is -0.118. The molecule has 0 aliphatic rings. The van der Waals surface area contributed by atoms with Crippen molar-refractivity contribution >= 4 is 5.91 Å². The van der Waals surface area contributed by atoms with Gasteiger partial charge in [0.1, 0.15) is 0 Å². The van der Waals surface area contributed by atoms with Crippen molar-refractivity contribution in [2.24, 2.45) is 0 Å². The number of nitrogens with one attached hydrogen (secondary N) is 2. The van der Waals surface area contributed by atoms with Crippen molar-refractivity contribution in [1.29, 1.82) is 0 Å². The maximum atomic E-state index is 10.5. The summed E-state index contributed by atoms with van der Waals surface area (Å²) in [6, 6.07) is 0. The lowest BCUT2D eigenvalue weighted by atomic mass is 10.1. The summed E-state index contributed by atoms with van der Waals surface area (Å²) in [6.45, 7) is 7.75. The van der Waals surface area contributed by atoms with E-state index in [1.54, 1.807) is 7.11 Å². The van der Waals surface area contributed by atoms with Gasteiger partial charge in [-0.15, -0.1) is 0 Å². The molecule has 0 unspecified atom stereocenters. The molecule has 2 N–H and O–H groups in total. The summed E-state index contributed by atoms with van der Waals surface area (Å²) in [5.41, 5.74) is -0.143. The number of carbonyl (C=O) groups is 1. The highest BCUT2D eigenvalue weighted by Gasteiger charge is 2.14. The van der Waals surface area contributed by atoms with Gasteiger partial charge in [-0.2, -0.15) is 0 Å². The van der Waals surface area contributed by atoms with E-state index >= 15 is 0 Å². The van der Waals surface area contributed by atoms with Gasteiger partial charge in [0.15, 0.2) is 0 Å². The van der Waals surface area contributed by atoms with Crippen molar-refractivity contribution in [3.05, 3.63) is 0 Å². The van der Waals surface area contributed by atoms with E-state index in [1.807, 2.05) is 13.8 Å². The van der Waals surface area contributed by atoms with Gasteiger partial charge in [0.25, 0.3) is 0 Å². The third-order valence-corrected chi connectivity index (χ3v) is 1.78. The Morgan fingerprint density at radius 2 is 2.00 bits per heavy atom. The highest BCUT2D eigenvalue weighted by Crippen LogP contribution is 2.03. The molecule has 0 rings (SSSR count). The Hall–Kier alpha value is -0.610. The number of rotatable bonds is 6. The van der Waals surface area contributed by atoms with Gasteiger partial charge in [-0.3, -0.25) is 4.79 Å². The summed E-state index contributed by atoms with van der Waals surface area (Å²) in [5, 5.41) is 5.90. The third kappa shape index (κ3) is 7.74. The molecule has 0 fully saturated rings. The van der Waals surface area contributed by atoms with Crippen LogP contribution in [-0.4, -0.2) is 38.3 Å². The molecule has 0 aromatic heterocycles. The van der Waals surface area contributed by atoms with Crippen molar-refractivity contribution in [2.75, 3.05) is 26.7 Å². The van der Waals surface area contributed by atoms with E-state index < -0.39 is 0 Å². The Kier molecular flexibility index (Phi) is 5.66. The summed E-state index contributed by atoms with van der Waals surface area (Å²) < 4.78 is 5.22. The van der Waals surface area contributed by atoms with Crippen LogP contribution in [0.4, 0.5) is 0 Å². The van der Waals surface area contributed by atoms with E-state index in [-0.39, 0.29) is 11.5 Å². The molecule has 4 nitrogen and oxygen atoms in total.